The molecule has 6 nitrogen and oxygen atoms in total. The number of aromatic nitrogens is 1. The van der Waals surface area contributed by atoms with E-state index >= 15 is 0 Å². The summed E-state index contributed by atoms with van der Waals surface area (Å²) >= 11 is 0. The monoisotopic (exact) mass is 415 g/mol. The van der Waals surface area contributed by atoms with Crippen molar-refractivity contribution in [3.05, 3.63) is 72.3 Å². The highest BCUT2D eigenvalue weighted by atomic mass is 16.5. The van der Waals surface area contributed by atoms with Crippen LogP contribution in [0.3, 0.4) is 0 Å². The third kappa shape index (κ3) is 3.97. The van der Waals surface area contributed by atoms with Crippen LogP contribution in [-0.4, -0.2) is 22.5 Å². The van der Waals surface area contributed by atoms with Crippen molar-refractivity contribution in [2.24, 2.45) is 0 Å². The maximum Gasteiger partial charge on any atom is 0.338 e. The molecular weight excluding hydrogens is 390 g/mol. The molecule has 1 amide bonds. The normalized spacial score (nSPS) is 12.1. The van der Waals surface area contributed by atoms with Gasteiger partial charge in [-0.1, -0.05) is 31.2 Å². The van der Waals surface area contributed by atoms with Gasteiger partial charge in [0.15, 0.2) is 6.10 Å². The number of ether oxygens (including phenoxy) is 1. The number of aryl methyl sites for hydroxylation is 1. The van der Waals surface area contributed by atoms with Crippen LogP contribution in [0.15, 0.2) is 66.7 Å². The summed E-state index contributed by atoms with van der Waals surface area (Å²) in [6.45, 7) is 4.77. The van der Waals surface area contributed by atoms with E-state index in [1.54, 1.807) is 25.1 Å². The number of carbonyl (C=O) groups excluding carboxylic acids is 2. The summed E-state index contributed by atoms with van der Waals surface area (Å²) in [6.07, 6.45) is -0.543. The number of rotatable bonds is 6. The Bertz CT molecular complexity index is 1280. The van der Waals surface area contributed by atoms with E-state index in [2.05, 4.69) is 28.9 Å². The van der Waals surface area contributed by atoms with Gasteiger partial charge >= 0.3 is 5.97 Å². The first kappa shape index (κ1) is 20.5. The molecule has 4 rings (SSSR count). The van der Waals surface area contributed by atoms with Crippen LogP contribution in [0.5, 0.6) is 0 Å². The first-order valence-corrected chi connectivity index (χ1v) is 10.4. The lowest BCUT2D eigenvalue weighted by Gasteiger charge is -2.16. The number of benzene rings is 3. The Morgan fingerprint density at radius 1 is 0.968 bits per heavy atom. The minimum atomic E-state index is -0.901. The Balaban J connectivity index is 1.56. The van der Waals surface area contributed by atoms with E-state index in [-0.39, 0.29) is 5.91 Å². The third-order valence-corrected chi connectivity index (χ3v) is 5.39. The number of carbonyl (C=O) groups is 2. The predicted molar refractivity (Wildman–Crippen MR) is 124 cm³/mol. The van der Waals surface area contributed by atoms with Crippen LogP contribution in [0, 0.1) is 0 Å². The molecule has 4 aromatic rings. The molecule has 6 heteroatoms. The van der Waals surface area contributed by atoms with Gasteiger partial charge in [-0.3, -0.25) is 4.79 Å². The highest BCUT2D eigenvalue weighted by Gasteiger charge is 2.22. The molecule has 0 aliphatic heterocycles. The van der Waals surface area contributed by atoms with Crippen LogP contribution < -0.4 is 11.1 Å². The lowest BCUT2D eigenvalue weighted by atomic mass is 10.1. The average Bonchev–Trinajstić information content (AvgIpc) is 3.10. The minimum absolute atomic E-state index is 0.319. The lowest BCUT2D eigenvalue weighted by molar-refractivity contribution is -0.124. The lowest BCUT2D eigenvalue weighted by Crippen LogP contribution is -2.32. The predicted octanol–water partition coefficient (Wildman–Crippen LogP) is 4.97. The number of hydrogen-bond acceptors (Lipinski definition) is 4. The molecule has 0 aliphatic rings. The van der Waals surface area contributed by atoms with Crippen molar-refractivity contribution in [2.75, 3.05) is 11.1 Å². The highest BCUT2D eigenvalue weighted by Crippen LogP contribution is 2.31. The molecular formula is C25H25N3O3. The summed E-state index contributed by atoms with van der Waals surface area (Å²) in [6, 6.07) is 20.6. The van der Waals surface area contributed by atoms with Crippen molar-refractivity contribution < 1.29 is 14.3 Å². The van der Waals surface area contributed by atoms with Gasteiger partial charge in [0.05, 0.1) is 5.56 Å². The van der Waals surface area contributed by atoms with Gasteiger partial charge < -0.3 is 20.4 Å². The largest absolute Gasteiger partial charge is 0.449 e. The van der Waals surface area contributed by atoms with Crippen molar-refractivity contribution in [1.29, 1.82) is 0 Å². The Labute approximate surface area is 180 Å². The van der Waals surface area contributed by atoms with Gasteiger partial charge in [0.1, 0.15) is 0 Å². The summed E-state index contributed by atoms with van der Waals surface area (Å²) < 4.78 is 7.69. The van der Waals surface area contributed by atoms with Crippen molar-refractivity contribution in [3.63, 3.8) is 0 Å². The van der Waals surface area contributed by atoms with Crippen LogP contribution in [0.25, 0.3) is 21.8 Å². The molecule has 0 aliphatic carbocycles. The number of fused-ring (bicyclic) bond motifs is 3. The number of nitrogen functional groups attached to an aromatic ring is 1. The first-order chi connectivity index (χ1) is 15.0. The molecule has 1 heterocycles. The number of nitrogens with zero attached hydrogens (tertiary/aromatic N) is 1. The van der Waals surface area contributed by atoms with Gasteiger partial charge in [0.25, 0.3) is 5.91 Å². The molecule has 1 unspecified atom stereocenters. The maximum absolute atomic E-state index is 12.8. The SMILES string of the molecule is CCC(OC(=O)c1cccc(N)c1)C(=O)Nc1ccc2c(c1)c1ccccc1n2CC. The van der Waals surface area contributed by atoms with E-state index in [1.807, 2.05) is 30.3 Å². The van der Waals surface area contributed by atoms with Crippen molar-refractivity contribution >= 4 is 45.1 Å². The minimum Gasteiger partial charge on any atom is -0.449 e. The molecule has 0 spiro atoms. The Morgan fingerprint density at radius 2 is 1.74 bits per heavy atom. The Kier molecular flexibility index (Phi) is 5.62. The van der Waals surface area contributed by atoms with E-state index in [0.717, 1.165) is 28.4 Å². The molecule has 158 valence electrons. The molecule has 31 heavy (non-hydrogen) atoms. The quantitative estimate of drug-likeness (QED) is 0.344. The number of nitrogens with one attached hydrogen (secondary N) is 1. The average molecular weight is 415 g/mol. The van der Waals surface area contributed by atoms with Crippen molar-refractivity contribution in [2.45, 2.75) is 32.9 Å². The second-order valence-corrected chi connectivity index (χ2v) is 7.41. The summed E-state index contributed by atoms with van der Waals surface area (Å²) in [5.74, 6) is -0.936. The Morgan fingerprint density at radius 3 is 2.48 bits per heavy atom. The van der Waals surface area contributed by atoms with E-state index in [1.165, 1.54) is 6.07 Å². The van der Waals surface area contributed by atoms with Gasteiger partial charge in [-0.05, 0) is 55.8 Å². The van der Waals surface area contributed by atoms with E-state index in [0.29, 0.717) is 23.4 Å². The number of anilines is 2. The summed E-state index contributed by atoms with van der Waals surface area (Å²) in [5, 5.41) is 5.10. The molecule has 0 fully saturated rings. The second kappa shape index (κ2) is 8.52. The van der Waals surface area contributed by atoms with Crippen molar-refractivity contribution in [1.82, 2.24) is 4.57 Å². The highest BCUT2D eigenvalue weighted by molar-refractivity contribution is 6.10. The first-order valence-electron chi connectivity index (χ1n) is 10.4. The van der Waals surface area contributed by atoms with Crippen molar-refractivity contribution in [3.8, 4) is 0 Å². The fraction of sp³-hybridized carbons (Fsp3) is 0.200. The summed E-state index contributed by atoms with van der Waals surface area (Å²) in [7, 11) is 0. The number of hydrogen-bond donors (Lipinski definition) is 2. The van der Waals surface area contributed by atoms with E-state index < -0.39 is 12.1 Å². The third-order valence-electron chi connectivity index (χ3n) is 5.39. The van der Waals surface area contributed by atoms with Gasteiger partial charge in [-0.15, -0.1) is 0 Å². The van der Waals surface area contributed by atoms with E-state index in [4.69, 9.17) is 10.5 Å². The molecule has 3 aromatic carbocycles. The molecule has 0 saturated heterocycles. The number of esters is 1. The molecule has 0 saturated carbocycles. The summed E-state index contributed by atoms with van der Waals surface area (Å²) in [4.78, 5) is 25.2. The number of nitrogens with two attached hydrogens (primary N) is 1. The van der Waals surface area contributed by atoms with Crippen LogP contribution in [0.4, 0.5) is 11.4 Å². The molecule has 1 aromatic heterocycles. The fourth-order valence-electron chi connectivity index (χ4n) is 3.88. The van der Waals surface area contributed by atoms with Crippen LogP contribution in [-0.2, 0) is 16.1 Å². The molecule has 1 atom stereocenters. The topological polar surface area (TPSA) is 86.3 Å². The van der Waals surface area contributed by atoms with Gasteiger partial charge in [0.2, 0.25) is 0 Å². The van der Waals surface area contributed by atoms with Gasteiger partial charge in [0, 0.05) is 39.7 Å². The molecule has 0 radical (unpaired) electrons. The zero-order valence-electron chi connectivity index (χ0n) is 17.6. The van der Waals surface area contributed by atoms with Crippen LogP contribution >= 0.6 is 0 Å². The van der Waals surface area contributed by atoms with Gasteiger partial charge in [-0.2, -0.15) is 0 Å². The zero-order chi connectivity index (χ0) is 22.0. The fourth-order valence-corrected chi connectivity index (χ4v) is 3.88. The van der Waals surface area contributed by atoms with Gasteiger partial charge in [-0.25, -0.2) is 4.79 Å². The zero-order valence-corrected chi connectivity index (χ0v) is 17.6. The maximum atomic E-state index is 12.8. The molecule has 3 N–H and O–H groups in total. The number of amides is 1. The second-order valence-electron chi connectivity index (χ2n) is 7.41. The number of para-hydroxylation sites is 1. The van der Waals surface area contributed by atoms with Crippen LogP contribution in [0.1, 0.15) is 30.6 Å². The van der Waals surface area contributed by atoms with Crippen LogP contribution in [0.2, 0.25) is 0 Å². The standard InChI is InChI=1S/C25H25N3O3/c1-3-23(31-25(30)16-8-7-9-17(26)14-16)24(29)27-18-12-13-22-20(15-18)19-10-5-6-11-21(19)28(22)4-2/h5-15,23H,3-4,26H2,1-2H3,(H,27,29). The Hall–Kier alpha value is -3.80. The smallest absolute Gasteiger partial charge is 0.338 e. The molecule has 0 bridgehead atoms. The summed E-state index contributed by atoms with van der Waals surface area (Å²) in [5.41, 5.74) is 9.45. The van der Waals surface area contributed by atoms with E-state index in [9.17, 15) is 9.59 Å².